The van der Waals surface area contributed by atoms with Crippen molar-refractivity contribution in [3.05, 3.63) is 89.5 Å². The normalized spacial score (nSPS) is 21.9. The highest BCUT2D eigenvalue weighted by atomic mass is 19.1. The first-order valence-electron chi connectivity index (χ1n) is 12.3. The number of aliphatic hydroxyl groups excluding tert-OH is 1. The number of nitrogens with zero attached hydrogens (tertiary/aromatic N) is 1. The zero-order chi connectivity index (χ0) is 25.8. The number of aromatic nitrogens is 1. The van der Waals surface area contributed by atoms with Crippen LogP contribution in [0.4, 0.5) is 10.1 Å². The first-order chi connectivity index (χ1) is 18.0. The van der Waals surface area contributed by atoms with E-state index in [1.54, 1.807) is 42.7 Å². The minimum absolute atomic E-state index is 0.0982. The monoisotopic (exact) mass is 505 g/mol. The predicted molar refractivity (Wildman–Crippen MR) is 133 cm³/mol. The molecule has 5 rings (SSSR count). The van der Waals surface area contributed by atoms with Crippen LogP contribution in [0.2, 0.25) is 0 Å². The van der Waals surface area contributed by atoms with Crippen molar-refractivity contribution in [3.8, 4) is 5.75 Å². The van der Waals surface area contributed by atoms with Gasteiger partial charge in [0.2, 0.25) is 11.8 Å². The molecule has 1 fully saturated rings. The molecule has 3 aromatic rings. The van der Waals surface area contributed by atoms with Crippen molar-refractivity contribution in [3.63, 3.8) is 0 Å². The van der Waals surface area contributed by atoms with Gasteiger partial charge in [0, 0.05) is 36.1 Å². The lowest BCUT2D eigenvalue weighted by Crippen LogP contribution is -2.47. The molecule has 3 N–H and O–H groups in total. The van der Waals surface area contributed by atoms with E-state index in [4.69, 9.17) is 9.47 Å². The fraction of sp³-hybridized carbons (Fsp3) is 0.321. The second kappa shape index (κ2) is 11.1. The summed E-state index contributed by atoms with van der Waals surface area (Å²) in [6, 6.07) is 15.2. The van der Waals surface area contributed by atoms with Gasteiger partial charge in [-0.1, -0.05) is 12.1 Å². The number of amides is 2. The van der Waals surface area contributed by atoms with E-state index in [9.17, 15) is 19.1 Å². The molecule has 1 saturated heterocycles. The van der Waals surface area contributed by atoms with Crippen LogP contribution in [0.15, 0.2) is 67.0 Å². The molecule has 8 nitrogen and oxygen atoms in total. The molecule has 0 saturated carbocycles. The van der Waals surface area contributed by atoms with E-state index in [2.05, 4.69) is 15.6 Å². The number of carbonyl (C=O) groups is 2. The van der Waals surface area contributed by atoms with Crippen LogP contribution in [-0.4, -0.2) is 46.8 Å². The lowest BCUT2D eigenvalue weighted by Gasteiger charge is -2.37. The number of benzene rings is 2. The first kappa shape index (κ1) is 24.9. The molecule has 37 heavy (non-hydrogen) atoms. The number of rotatable bonds is 8. The predicted octanol–water partition coefficient (Wildman–Crippen LogP) is 3.10. The number of hydrogen-bond donors (Lipinski definition) is 3. The van der Waals surface area contributed by atoms with E-state index in [1.165, 1.54) is 12.1 Å². The third-order valence-electron chi connectivity index (χ3n) is 6.69. The van der Waals surface area contributed by atoms with E-state index in [0.29, 0.717) is 23.4 Å². The zero-order valence-electron chi connectivity index (χ0n) is 20.1. The van der Waals surface area contributed by atoms with Crippen LogP contribution in [0.5, 0.6) is 5.75 Å². The number of pyridine rings is 1. The highest BCUT2D eigenvalue weighted by Crippen LogP contribution is 2.47. The summed E-state index contributed by atoms with van der Waals surface area (Å²) in [6.45, 7) is -0.0284. The van der Waals surface area contributed by atoms with Gasteiger partial charge in [-0.2, -0.15) is 0 Å². The minimum Gasteiger partial charge on any atom is -0.487 e. The second-order valence-electron chi connectivity index (χ2n) is 9.35. The van der Waals surface area contributed by atoms with Crippen LogP contribution in [0.1, 0.15) is 35.4 Å². The van der Waals surface area contributed by atoms with Gasteiger partial charge in [0.15, 0.2) is 0 Å². The molecule has 0 spiro atoms. The van der Waals surface area contributed by atoms with Crippen molar-refractivity contribution in [1.29, 1.82) is 0 Å². The number of fused-ring (bicyclic) bond motifs is 3. The van der Waals surface area contributed by atoms with Gasteiger partial charge in [-0.3, -0.25) is 14.6 Å². The van der Waals surface area contributed by atoms with Gasteiger partial charge in [-0.15, -0.1) is 0 Å². The summed E-state index contributed by atoms with van der Waals surface area (Å²) in [5, 5.41) is 15.7. The highest BCUT2D eigenvalue weighted by Gasteiger charge is 2.46. The maximum atomic E-state index is 13.4. The Labute approximate surface area is 213 Å². The van der Waals surface area contributed by atoms with E-state index >= 15 is 0 Å². The zero-order valence-corrected chi connectivity index (χ0v) is 20.1. The largest absolute Gasteiger partial charge is 0.487 e. The maximum absolute atomic E-state index is 13.4. The topological polar surface area (TPSA) is 110 Å². The van der Waals surface area contributed by atoms with Crippen LogP contribution in [0.3, 0.4) is 0 Å². The first-order valence-corrected chi connectivity index (χ1v) is 12.3. The molecule has 2 amide bonds. The molecule has 2 aromatic carbocycles. The molecule has 4 atom stereocenters. The molecule has 9 heteroatoms. The van der Waals surface area contributed by atoms with Gasteiger partial charge in [-0.05, 0) is 60.0 Å². The fourth-order valence-corrected chi connectivity index (χ4v) is 4.98. The standard InChI is InChI=1S/C28H28FN3O5/c29-19-3-1-2-18(10-19)15-31-26(34)14-21-13-23-22-12-20(32-27(35)11-17-6-8-30-9-7-17)4-5-24(22)37-28(23)25(16-33)36-21/h1-10,12,21,23,25,28,33H,11,13-16H2,(H,31,34)(H,32,35)/t21-,23+,25-,28-/m0/s1. The minimum atomic E-state index is -0.586. The second-order valence-corrected chi connectivity index (χ2v) is 9.35. The van der Waals surface area contributed by atoms with Crippen molar-refractivity contribution in [2.24, 2.45) is 0 Å². The molecule has 0 bridgehead atoms. The van der Waals surface area contributed by atoms with Crippen LogP contribution in [0, 0.1) is 5.82 Å². The summed E-state index contributed by atoms with van der Waals surface area (Å²) < 4.78 is 25.5. The molecular weight excluding hydrogens is 477 g/mol. The number of nitrogens with one attached hydrogen (secondary N) is 2. The van der Waals surface area contributed by atoms with Crippen molar-refractivity contribution in [2.75, 3.05) is 11.9 Å². The van der Waals surface area contributed by atoms with Gasteiger partial charge in [0.25, 0.3) is 0 Å². The van der Waals surface area contributed by atoms with Gasteiger partial charge in [-0.25, -0.2) is 4.39 Å². The Bertz CT molecular complexity index is 1270. The summed E-state index contributed by atoms with van der Waals surface area (Å²) in [4.78, 5) is 29.1. The molecule has 1 aromatic heterocycles. The molecular formula is C28H28FN3O5. The summed E-state index contributed by atoms with van der Waals surface area (Å²) in [5.41, 5.74) is 3.10. The molecule has 0 unspecified atom stereocenters. The third kappa shape index (κ3) is 5.95. The number of hydrogen-bond acceptors (Lipinski definition) is 6. The quantitative estimate of drug-likeness (QED) is 0.434. The maximum Gasteiger partial charge on any atom is 0.228 e. The number of aliphatic hydroxyl groups is 1. The highest BCUT2D eigenvalue weighted by molar-refractivity contribution is 5.92. The van der Waals surface area contributed by atoms with Crippen LogP contribution in [0.25, 0.3) is 0 Å². The number of ether oxygens (including phenoxy) is 2. The van der Waals surface area contributed by atoms with Gasteiger partial charge in [0.1, 0.15) is 23.8 Å². The van der Waals surface area contributed by atoms with Gasteiger partial charge < -0.3 is 25.2 Å². The van der Waals surface area contributed by atoms with E-state index < -0.39 is 12.2 Å². The Balaban J connectivity index is 1.23. The molecule has 3 heterocycles. The van der Waals surface area contributed by atoms with Crippen LogP contribution >= 0.6 is 0 Å². The summed E-state index contributed by atoms with van der Waals surface area (Å²) in [6.07, 6.45) is 2.77. The number of carbonyl (C=O) groups excluding carboxylic acids is 2. The lowest BCUT2D eigenvalue weighted by molar-refractivity contribution is -0.142. The van der Waals surface area contributed by atoms with Crippen molar-refractivity contribution in [1.82, 2.24) is 10.3 Å². The molecule has 2 aliphatic rings. The van der Waals surface area contributed by atoms with E-state index in [-0.39, 0.29) is 55.6 Å². The van der Waals surface area contributed by atoms with Crippen molar-refractivity contribution < 1.29 is 28.6 Å². The molecule has 0 aliphatic carbocycles. The number of anilines is 1. The van der Waals surface area contributed by atoms with E-state index in [0.717, 1.165) is 11.1 Å². The van der Waals surface area contributed by atoms with Crippen LogP contribution in [-0.2, 0) is 27.3 Å². The van der Waals surface area contributed by atoms with E-state index in [1.807, 2.05) is 12.1 Å². The Morgan fingerprint density at radius 2 is 1.89 bits per heavy atom. The average Bonchev–Trinajstić information content (AvgIpc) is 3.25. The molecule has 2 aliphatic heterocycles. The van der Waals surface area contributed by atoms with Gasteiger partial charge >= 0.3 is 0 Å². The third-order valence-corrected chi connectivity index (χ3v) is 6.69. The van der Waals surface area contributed by atoms with Gasteiger partial charge in [0.05, 0.1) is 25.6 Å². The summed E-state index contributed by atoms with van der Waals surface area (Å²) >= 11 is 0. The Hall–Kier alpha value is -3.82. The lowest BCUT2D eigenvalue weighted by atomic mass is 9.84. The van der Waals surface area contributed by atoms with Crippen molar-refractivity contribution >= 4 is 17.5 Å². The fourth-order valence-electron chi connectivity index (χ4n) is 4.98. The SMILES string of the molecule is O=C(C[C@@H]1C[C@@H]2c3cc(NC(=O)Cc4ccncc4)ccc3O[C@@H]2[C@H](CO)O1)NCc1cccc(F)c1. The summed E-state index contributed by atoms with van der Waals surface area (Å²) in [7, 11) is 0. The smallest absolute Gasteiger partial charge is 0.228 e. The Morgan fingerprint density at radius 1 is 1.05 bits per heavy atom. The van der Waals surface area contributed by atoms with Crippen LogP contribution < -0.4 is 15.4 Å². The summed E-state index contributed by atoms with van der Waals surface area (Å²) in [5.74, 6) is -0.137. The average molecular weight is 506 g/mol. The molecule has 192 valence electrons. The number of halogens is 1. The Morgan fingerprint density at radius 3 is 2.68 bits per heavy atom. The Kier molecular flexibility index (Phi) is 7.43. The molecule has 0 radical (unpaired) electrons. The van der Waals surface area contributed by atoms with Crippen molar-refractivity contribution in [2.45, 2.75) is 50.0 Å².